The van der Waals surface area contributed by atoms with Crippen LogP contribution in [0.3, 0.4) is 0 Å². The summed E-state index contributed by atoms with van der Waals surface area (Å²) < 4.78 is 0. The van der Waals surface area contributed by atoms with Crippen molar-refractivity contribution in [3.63, 3.8) is 0 Å². The molecule has 5 heteroatoms. The van der Waals surface area contributed by atoms with Crippen molar-refractivity contribution in [2.45, 2.75) is 52.0 Å². The van der Waals surface area contributed by atoms with Crippen LogP contribution < -0.4 is 10.2 Å². The van der Waals surface area contributed by atoms with Gasteiger partial charge in [0.1, 0.15) is 0 Å². The first-order valence-electron chi connectivity index (χ1n) is 7.18. The van der Waals surface area contributed by atoms with Gasteiger partial charge in [-0.05, 0) is 6.42 Å². The highest BCUT2D eigenvalue weighted by atomic mass is 32.2. The molecule has 0 amide bonds. The number of thioether (sulfide) groups is 1. The Kier molecular flexibility index (Phi) is 5.54. The molecule has 0 saturated carbocycles. The average molecular weight is 300 g/mol. The van der Waals surface area contributed by atoms with Crippen molar-refractivity contribution in [1.29, 1.82) is 0 Å². The molecule has 1 aromatic heterocycles. The normalized spacial score (nSPS) is 20.3. The summed E-state index contributed by atoms with van der Waals surface area (Å²) in [6, 6.07) is 0.529. The molecule has 2 rings (SSSR count). The fourth-order valence-corrected chi connectivity index (χ4v) is 4.36. The largest absolute Gasteiger partial charge is 0.346 e. The first-order valence-corrected chi connectivity index (χ1v) is 9.05. The van der Waals surface area contributed by atoms with Crippen LogP contribution in [0.5, 0.6) is 0 Å². The number of anilines is 1. The third-order valence-corrected chi connectivity index (χ3v) is 5.58. The van der Waals surface area contributed by atoms with Crippen molar-refractivity contribution >= 4 is 28.2 Å². The molecule has 0 bridgehead atoms. The third kappa shape index (κ3) is 4.10. The van der Waals surface area contributed by atoms with Crippen LogP contribution in [0.15, 0.2) is 0 Å². The van der Waals surface area contributed by atoms with Crippen molar-refractivity contribution in [1.82, 2.24) is 10.3 Å². The van der Waals surface area contributed by atoms with Gasteiger partial charge in [-0.2, -0.15) is 11.8 Å². The van der Waals surface area contributed by atoms with Gasteiger partial charge in [0.15, 0.2) is 5.13 Å². The zero-order valence-corrected chi connectivity index (χ0v) is 14.0. The molecule has 0 spiro atoms. The standard InChI is InChI=1S/C14H25N3S2/c1-5-12-13(8-15-10(2)3)19-14(16-12)17-6-7-18-11(4)9-17/h10-11,15H,5-9H2,1-4H3. The van der Waals surface area contributed by atoms with E-state index in [1.54, 1.807) is 0 Å². The number of thiazole rings is 1. The predicted molar refractivity (Wildman–Crippen MR) is 87.6 cm³/mol. The third-order valence-electron chi connectivity index (χ3n) is 3.28. The van der Waals surface area contributed by atoms with E-state index in [1.807, 2.05) is 11.3 Å². The van der Waals surface area contributed by atoms with Crippen LogP contribution >= 0.6 is 23.1 Å². The lowest BCUT2D eigenvalue weighted by molar-refractivity contribution is 0.590. The number of hydrogen-bond donors (Lipinski definition) is 1. The van der Waals surface area contributed by atoms with Gasteiger partial charge in [0, 0.05) is 41.6 Å². The molecule has 1 unspecified atom stereocenters. The molecular weight excluding hydrogens is 274 g/mol. The zero-order chi connectivity index (χ0) is 13.8. The summed E-state index contributed by atoms with van der Waals surface area (Å²) in [5, 5.41) is 5.46. The molecule has 0 aliphatic carbocycles. The summed E-state index contributed by atoms with van der Waals surface area (Å²) in [4.78, 5) is 8.74. The first kappa shape index (κ1) is 15.1. The molecule has 1 fully saturated rings. The van der Waals surface area contributed by atoms with Gasteiger partial charge in [0.2, 0.25) is 0 Å². The maximum Gasteiger partial charge on any atom is 0.185 e. The Morgan fingerprint density at radius 2 is 2.26 bits per heavy atom. The minimum atomic E-state index is 0.529. The molecule has 0 aromatic carbocycles. The summed E-state index contributed by atoms with van der Waals surface area (Å²) in [6.07, 6.45) is 1.03. The maximum atomic E-state index is 4.86. The highest BCUT2D eigenvalue weighted by Gasteiger charge is 2.21. The SMILES string of the molecule is CCc1nc(N2CCSC(C)C2)sc1CNC(C)C. The molecule has 1 aliphatic rings. The minimum absolute atomic E-state index is 0.529. The van der Waals surface area contributed by atoms with Crippen molar-refractivity contribution in [2.75, 3.05) is 23.7 Å². The highest BCUT2D eigenvalue weighted by Crippen LogP contribution is 2.30. The molecule has 1 aromatic rings. The Bertz CT molecular complexity index is 403. The molecule has 108 valence electrons. The van der Waals surface area contributed by atoms with E-state index < -0.39 is 0 Å². The summed E-state index contributed by atoms with van der Waals surface area (Å²) in [5.41, 5.74) is 1.28. The summed E-state index contributed by atoms with van der Waals surface area (Å²) >= 11 is 3.95. The van der Waals surface area contributed by atoms with Crippen LogP contribution in [-0.4, -0.2) is 35.1 Å². The van der Waals surface area contributed by atoms with Crippen LogP contribution in [0, 0.1) is 0 Å². The Hall–Kier alpha value is -0.260. The average Bonchev–Trinajstić information content (AvgIpc) is 2.79. The predicted octanol–water partition coefficient (Wildman–Crippen LogP) is 3.15. The molecule has 3 nitrogen and oxygen atoms in total. The van der Waals surface area contributed by atoms with Crippen molar-refractivity contribution in [2.24, 2.45) is 0 Å². The Morgan fingerprint density at radius 3 is 2.89 bits per heavy atom. The van der Waals surface area contributed by atoms with Crippen molar-refractivity contribution in [3.05, 3.63) is 10.6 Å². The van der Waals surface area contributed by atoms with Gasteiger partial charge in [-0.25, -0.2) is 4.98 Å². The minimum Gasteiger partial charge on any atom is -0.346 e. The second-order valence-corrected chi connectivity index (χ2v) is 7.99. The van der Waals surface area contributed by atoms with Crippen LogP contribution in [0.25, 0.3) is 0 Å². The second-order valence-electron chi connectivity index (χ2n) is 5.38. The van der Waals surface area contributed by atoms with E-state index in [4.69, 9.17) is 4.98 Å². The van der Waals surface area contributed by atoms with Gasteiger partial charge < -0.3 is 10.2 Å². The second kappa shape index (κ2) is 6.95. The monoisotopic (exact) mass is 299 g/mol. The van der Waals surface area contributed by atoms with Gasteiger partial charge in [-0.3, -0.25) is 0 Å². The molecule has 19 heavy (non-hydrogen) atoms. The van der Waals surface area contributed by atoms with E-state index >= 15 is 0 Å². The number of rotatable bonds is 5. The molecule has 1 saturated heterocycles. The quantitative estimate of drug-likeness (QED) is 0.904. The zero-order valence-electron chi connectivity index (χ0n) is 12.4. The van der Waals surface area contributed by atoms with Crippen LogP contribution in [0.1, 0.15) is 38.3 Å². The lowest BCUT2D eigenvalue weighted by Crippen LogP contribution is -2.36. The molecule has 0 radical (unpaired) electrons. The van der Waals surface area contributed by atoms with Crippen LogP contribution in [0.2, 0.25) is 0 Å². The smallest absolute Gasteiger partial charge is 0.185 e. The Labute approximate surface area is 125 Å². The summed E-state index contributed by atoms with van der Waals surface area (Å²) in [5.74, 6) is 1.22. The fourth-order valence-electron chi connectivity index (χ4n) is 2.21. The molecule has 1 aliphatic heterocycles. The number of aromatic nitrogens is 1. The van der Waals surface area contributed by atoms with E-state index in [1.165, 1.54) is 21.5 Å². The Morgan fingerprint density at radius 1 is 1.47 bits per heavy atom. The van der Waals surface area contributed by atoms with E-state index in [9.17, 15) is 0 Å². The number of nitrogens with zero attached hydrogens (tertiary/aromatic N) is 2. The summed E-state index contributed by atoms with van der Waals surface area (Å²) in [7, 11) is 0. The number of hydrogen-bond acceptors (Lipinski definition) is 5. The van der Waals surface area contributed by atoms with Gasteiger partial charge in [-0.15, -0.1) is 11.3 Å². The van der Waals surface area contributed by atoms with Gasteiger partial charge >= 0.3 is 0 Å². The molecule has 2 heterocycles. The van der Waals surface area contributed by atoms with Crippen LogP contribution in [-0.2, 0) is 13.0 Å². The van der Waals surface area contributed by atoms with Crippen molar-refractivity contribution in [3.8, 4) is 0 Å². The van der Waals surface area contributed by atoms with E-state index in [0.29, 0.717) is 6.04 Å². The van der Waals surface area contributed by atoms with Crippen LogP contribution in [0.4, 0.5) is 5.13 Å². The number of aryl methyl sites for hydroxylation is 1. The van der Waals surface area contributed by atoms with Crippen molar-refractivity contribution < 1.29 is 0 Å². The Balaban J connectivity index is 2.08. The maximum absolute atomic E-state index is 4.86. The summed E-state index contributed by atoms with van der Waals surface area (Å²) in [6.45, 7) is 12.1. The van der Waals surface area contributed by atoms with E-state index in [2.05, 4.69) is 49.7 Å². The molecule has 1 N–H and O–H groups in total. The fraction of sp³-hybridized carbons (Fsp3) is 0.786. The van der Waals surface area contributed by atoms with E-state index in [-0.39, 0.29) is 0 Å². The number of nitrogens with one attached hydrogen (secondary N) is 1. The lowest BCUT2D eigenvalue weighted by Gasteiger charge is -2.30. The lowest BCUT2D eigenvalue weighted by atomic mass is 10.3. The highest BCUT2D eigenvalue weighted by molar-refractivity contribution is 8.00. The topological polar surface area (TPSA) is 28.2 Å². The molecular formula is C14H25N3S2. The van der Waals surface area contributed by atoms with Gasteiger partial charge in [0.25, 0.3) is 0 Å². The molecule has 1 atom stereocenters. The van der Waals surface area contributed by atoms with E-state index in [0.717, 1.165) is 31.3 Å². The van der Waals surface area contributed by atoms with Gasteiger partial charge in [-0.1, -0.05) is 27.7 Å². The first-order chi connectivity index (χ1) is 9.10. The van der Waals surface area contributed by atoms with Gasteiger partial charge in [0.05, 0.1) is 5.69 Å².